The summed E-state index contributed by atoms with van der Waals surface area (Å²) < 4.78 is 68.7. The lowest BCUT2D eigenvalue weighted by Crippen LogP contribution is -2.30. The zero-order chi connectivity index (χ0) is 73.7. The summed E-state index contributed by atoms with van der Waals surface area (Å²) in [5, 5.41) is 10.6. The number of carbonyl (C=O) groups excluding carboxylic acids is 4. The van der Waals surface area contributed by atoms with E-state index in [1.165, 1.54) is 231 Å². The van der Waals surface area contributed by atoms with Crippen LogP contribution in [-0.2, 0) is 65.4 Å². The van der Waals surface area contributed by atoms with Crippen LogP contribution in [0.1, 0.15) is 421 Å². The number of ether oxygens (including phenoxy) is 4. The van der Waals surface area contributed by atoms with E-state index in [9.17, 15) is 43.2 Å². The smallest absolute Gasteiger partial charge is 0.462 e. The van der Waals surface area contributed by atoms with Gasteiger partial charge in [0.2, 0.25) is 0 Å². The fourth-order valence-electron chi connectivity index (χ4n) is 12.5. The molecule has 0 aromatic heterocycles. The first kappa shape index (κ1) is 98.1. The third-order valence-electron chi connectivity index (χ3n) is 18.9. The first-order chi connectivity index (χ1) is 48.2. The molecule has 0 radical (unpaired) electrons. The number of hydrogen-bond donors (Lipinski definition) is 3. The highest BCUT2D eigenvalue weighted by Gasteiger charge is 2.30. The molecule has 0 spiro atoms. The Bertz CT molecular complexity index is 1940. The highest BCUT2D eigenvalue weighted by molar-refractivity contribution is 7.47. The van der Waals surface area contributed by atoms with Crippen LogP contribution in [0.2, 0.25) is 0 Å². The van der Waals surface area contributed by atoms with E-state index in [2.05, 4.69) is 48.5 Å². The molecular weight excluding hydrogens is 1310 g/mol. The van der Waals surface area contributed by atoms with Crippen molar-refractivity contribution in [3.63, 3.8) is 0 Å². The van der Waals surface area contributed by atoms with Gasteiger partial charge in [0.25, 0.3) is 0 Å². The summed E-state index contributed by atoms with van der Waals surface area (Å²) in [7, 11) is -9.92. The molecule has 0 aromatic rings. The predicted octanol–water partition coefficient (Wildman–Crippen LogP) is 24.1. The molecule has 19 heteroatoms. The van der Waals surface area contributed by atoms with Crippen LogP contribution in [0.5, 0.6) is 0 Å². The van der Waals surface area contributed by atoms with Gasteiger partial charge < -0.3 is 33.8 Å². The summed E-state index contributed by atoms with van der Waals surface area (Å²) in [6, 6.07) is 0. The SMILES string of the molecule is CCCCCCCCCCCC(=O)OC[C@H](COP(=O)(O)OC[C@H](O)COP(=O)(O)OC[C@@H](COC(=O)CCCCCCCCCCCCCCCC(C)C)OC(=O)CCCCCCCCCCCCCCCCCCC(C)C)OC(=O)CCCCCCCCCCCCCCCC(C)C. The number of phosphoric ester groups is 2. The summed E-state index contributed by atoms with van der Waals surface area (Å²) in [6.45, 7) is 12.0. The van der Waals surface area contributed by atoms with Crippen molar-refractivity contribution in [2.75, 3.05) is 39.6 Å². The highest BCUT2D eigenvalue weighted by Crippen LogP contribution is 2.45. The Hall–Kier alpha value is -1.94. The average Bonchev–Trinajstić information content (AvgIpc) is 0.930. The average molecular weight is 1470 g/mol. The summed E-state index contributed by atoms with van der Waals surface area (Å²) in [5.74, 6) is 0.276. The zero-order valence-corrected chi connectivity index (χ0v) is 67.5. The predicted molar refractivity (Wildman–Crippen MR) is 409 cm³/mol. The fourth-order valence-corrected chi connectivity index (χ4v) is 14.1. The van der Waals surface area contributed by atoms with E-state index in [4.69, 9.17) is 37.0 Å². The van der Waals surface area contributed by atoms with E-state index in [-0.39, 0.29) is 25.7 Å². The van der Waals surface area contributed by atoms with E-state index in [0.29, 0.717) is 25.7 Å². The van der Waals surface area contributed by atoms with Crippen molar-refractivity contribution in [3.05, 3.63) is 0 Å². The molecule has 2 unspecified atom stereocenters. The molecule has 0 fully saturated rings. The number of hydrogen-bond acceptors (Lipinski definition) is 15. The van der Waals surface area contributed by atoms with E-state index in [1.807, 2.05) is 0 Å². The van der Waals surface area contributed by atoms with Crippen molar-refractivity contribution < 1.29 is 80.2 Å². The highest BCUT2D eigenvalue weighted by atomic mass is 31.2. The van der Waals surface area contributed by atoms with Crippen LogP contribution in [0.15, 0.2) is 0 Å². The quantitative estimate of drug-likeness (QED) is 0.0222. The first-order valence-electron chi connectivity index (χ1n) is 41.8. The Morgan fingerprint density at radius 1 is 0.270 bits per heavy atom. The van der Waals surface area contributed by atoms with Crippen LogP contribution < -0.4 is 0 Å². The van der Waals surface area contributed by atoms with Crippen molar-refractivity contribution >= 4 is 39.5 Å². The maximum atomic E-state index is 13.1. The van der Waals surface area contributed by atoms with Gasteiger partial charge in [-0.2, -0.15) is 0 Å². The first-order valence-corrected chi connectivity index (χ1v) is 44.8. The lowest BCUT2D eigenvalue weighted by Gasteiger charge is -2.21. The minimum absolute atomic E-state index is 0.107. The van der Waals surface area contributed by atoms with Crippen molar-refractivity contribution in [1.82, 2.24) is 0 Å². The van der Waals surface area contributed by atoms with E-state index in [1.54, 1.807) is 0 Å². The van der Waals surface area contributed by atoms with Crippen LogP contribution in [0.4, 0.5) is 0 Å². The van der Waals surface area contributed by atoms with Gasteiger partial charge in [-0.05, 0) is 43.4 Å². The summed E-state index contributed by atoms with van der Waals surface area (Å²) in [5.41, 5.74) is 0. The Kier molecular flexibility index (Phi) is 69.9. The summed E-state index contributed by atoms with van der Waals surface area (Å²) >= 11 is 0. The molecule has 594 valence electrons. The largest absolute Gasteiger partial charge is 0.472 e. The molecule has 3 N–H and O–H groups in total. The molecule has 0 saturated carbocycles. The summed E-state index contributed by atoms with van der Waals surface area (Å²) in [6.07, 6.45) is 59.6. The van der Waals surface area contributed by atoms with Gasteiger partial charge in [-0.25, -0.2) is 9.13 Å². The normalized spacial score (nSPS) is 14.0. The Labute approximate surface area is 613 Å². The molecule has 17 nitrogen and oxygen atoms in total. The number of esters is 4. The van der Waals surface area contributed by atoms with E-state index in [0.717, 1.165) is 108 Å². The topological polar surface area (TPSA) is 237 Å². The number of unbranched alkanes of at least 4 members (excludes halogenated alkanes) is 47. The standard InChI is InChI=1S/C81H158O17P2/c1-8-9-10-11-12-31-41-48-55-62-78(83)91-68-76(97-81(86)65-58-51-44-37-30-24-18-21-27-34-40-47-54-61-74(6)7)70-95-99(87,88)93-66-75(82)67-94-100(89,90)96-71-77(69-92-79(84)63-56-49-42-35-28-23-17-20-26-33-39-46-53-60-73(4)5)98-80(85)64-57-50-43-36-29-22-16-14-13-15-19-25-32-38-45-52-59-72(2)3/h72-77,82H,8-71H2,1-7H3,(H,87,88)(H,89,90)/t75-,76+,77+/m0/s1. The molecule has 0 aliphatic heterocycles. The molecule has 0 rings (SSSR count). The fraction of sp³-hybridized carbons (Fsp3) is 0.951. The van der Waals surface area contributed by atoms with Crippen LogP contribution in [0, 0.1) is 17.8 Å². The van der Waals surface area contributed by atoms with Gasteiger partial charge in [0.15, 0.2) is 12.2 Å². The Morgan fingerprint density at radius 3 is 0.680 bits per heavy atom. The number of phosphoric acid groups is 2. The van der Waals surface area contributed by atoms with Crippen LogP contribution in [0.3, 0.4) is 0 Å². The van der Waals surface area contributed by atoms with Crippen LogP contribution in [-0.4, -0.2) is 96.7 Å². The van der Waals surface area contributed by atoms with E-state index < -0.39 is 97.5 Å². The number of aliphatic hydroxyl groups excluding tert-OH is 1. The zero-order valence-electron chi connectivity index (χ0n) is 65.7. The lowest BCUT2D eigenvalue weighted by molar-refractivity contribution is -0.161. The van der Waals surface area contributed by atoms with Crippen LogP contribution in [0.25, 0.3) is 0 Å². The number of carbonyl (C=O) groups is 4. The monoisotopic (exact) mass is 1470 g/mol. The van der Waals surface area contributed by atoms with Crippen molar-refractivity contribution in [3.8, 4) is 0 Å². The lowest BCUT2D eigenvalue weighted by atomic mass is 10.0. The minimum atomic E-state index is -4.96. The van der Waals surface area contributed by atoms with Crippen LogP contribution >= 0.6 is 15.6 Å². The van der Waals surface area contributed by atoms with Crippen molar-refractivity contribution in [2.24, 2.45) is 17.8 Å². The second-order valence-corrected chi connectivity index (χ2v) is 33.5. The maximum absolute atomic E-state index is 13.1. The second-order valence-electron chi connectivity index (χ2n) is 30.6. The molecule has 100 heavy (non-hydrogen) atoms. The van der Waals surface area contributed by atoms with Gasteiger partial charge >= 0.3 is 39.5 Å². The van der Waals surface area contributed by atoms with Gasteiger partial charge in [-0.3, -0.25) is 37.3 Å². The molecule has 0 aliphatic carbocycles. The number of aliphatic hydroxyl groups is 1. The molecule has 0 aliphatic rings. The molecule has 0 saturated heterocycles. The number of rotatable bonds is 79. The molecule has 5 atom stereocenters. The molecular formula is C81H158O17P2. The maximum Gasteiger partial charge on any atom is 0.472 e. The van der Waals surface area contributed by atoms with Crippen molar-refractivity contribution in [2.45, 2.75) is 439 Å². The Morgan fingerprint density at radius 2 is 0.460 bits per heavy atom. The van der Waals surface area contributed by atoms with Gasteiger partial charge in [0.05, 0.1) is 26.4 Å². The molecule has 0 aromatic carbocycles. The summed E-state index contributed by atoms with van der Waals surface area (Å²) in [4.78, 5) is 73.0. The van der Waals surface area contributed by atoms with Gasteiger partial charge in [-0.1, -0.05) is 370 Å². The molecule has 0 heterocycles. The van der Waals surface area contributed by atoms with E-state index >= 15 is 0 Å². The molecule has 0 bridgehead atoms. The second kappa shape index (κ2) is 71.3. The Balaban J connectivity index is 5.23. The third kappa shape index (κ3) is 74.3. The van der Waals surface area contributed by atoms with Gasteiger partial charge in [-0.15, -0.1) is 0 Å². The van der Waals surface area contributed by atoms with Gasteiger partial charge in [0.1, 0.15) is 19.3 Å². The van der Waals surface area contributed by atoms with Gasteiger partial charge in [0, 0.05) is 25.7 Å². The molecule has 0 amide bonds. The van der Waals surface area contributed by atoms with Crippen molar-refractivity contribution in [1.29, 1.82) is 0 Å². The minimum Gasteiger partial charge on any atom is -0.462 e. The third-order valence-corrected chi connectivity index (χ3v) is 20.8.